The van der Waals surface area contributed by atoms with E-state index in [2.05, 4.69) is 20.1 Å². The molecule has 0 N–H and O–H groups in total. The van der Waals surface area contributed by atoms with Crippen LogP contribution in [0.25, 0.3) is 17.3 Å². The van der Waals surface area contributed by atoms with E-state index in [1.165, 1.54) is 23.1 Å². The molecule has 6 rings (SSSR count). The number of hydrogen-bond donors (Lipinski definition) is 0. The average Bonchev–Trinajstić information content (AvgIpc) is 3.77. The van der Waals surface area contributed by atoms with Crippen LogP contribution >= 0.6 is 46.3 Å². The molecule has 0 aliphatic carbocycles. The molecule has 210 valence electrons. The Kier molecular flexibility index (Phi) is 8.20. The standard InChI is InChI=1S/C28H24Cl2N6O3S2/c1-38-23-6-3-2-5-22(23)34-10-12-35(13-11-34)27(37)20-16-40-25(31-20)17-41-28-33-32-26(24-7-4-14-39-24)36(28)21-9-8-18(29)15-19(21)30/h2-9,14-16H,10-13,17H2,1H3. The third kappa shape index (κ3) is 5.80. The molecule has 3 aromatic heterocycles. The van der Waals surface area contributed by atoms with Gasteiger partial charge >= 0.3 is 0 Å². The smallest absolute Gasteiger partial charge is 0.273 e. The molecular weight excluding hydrogens is 603 g/mol. The number of thiazole rings is 1. The van der Waals surface area contributed by atoms with Crippen LogP contribution in [-0.2, 0) is 5.75 Å². The van der Waals surface area contributed by atoms with E-state index in [9.17, 15) is 4.79 Å². The topological polar surface area (TPSA) is 89.5 Å². The summed E-state index contributed by atoms with van der Waals surface area (Å²) in [4.78, 5) is 22.0. The van der Waals surface area contributed by atoms with Crippen molar-refractivity contribution >= 4 is 57.9 Å². The summed E-state index contributed by atoms with van der Waals surface area (Å²) in [5.41, 5.74) is 2.17. The highest BCUT2D eigenvalue weighted by Crippen LogP contribution is 2.34. The molecule has 0 spiro atoms. The summed E-state index contributed by atoms with van der Waals surface area (Å²) >= 11 is 15.6. The number of methoxy groups -OCH3 is 1. The second kappa shape index (κ2) is 12.2. The van der Waals surface area contributed by atoms with Crippen LogP contribution in [0.5, 0.6) is 5.75 Å². The predicted octanol–water partition coefficient (Wildman–Crippen LogP) is 6.55. The van der Waals surface area contributed by atoms with Gasteiger partial charge in [0, 0.05) is 36.6 Å². The van der Waals surface area contributed by atoms with E-state index in [0.29, 0.717) is 57.0 Å². The molecule has 1 aliphatic heterocycles. The van der Waals surface area contributed by atoms with Gasteiger partial charge in [-0.1, -0.05) is 47.1 Å². The van der Waals surface area contributed by atoms with Gasteiger partial charge < -0.3 is 19.0 Å². The lowest BCUT2D eigenvalue weighted by Crippen LogP contribution is -2.49. The van der Waals surface area contributed by atoms with Crippen molar-refractivity contribution in [2.24, 2.45) is 0 Å². The zero-order valence-corrected chi connectivity index (χ0v) is 25.0. The number of thioether (sulfide) groups is 1. The van der Waals surface area contributed by atoms with Crippen molar-refractivity contribution in [3.63, 3.8) is 0 Å². The lowest BCUT2D eigenvalue weighted by Gasteiger charge is -2.36. The van der Waals surface area contributed by atoms with Gasteiger partial charge in [-0.05, 0) is 42.5 Å². The molecule has 4 heterocycles. The maximum Gasteiger partial charge on any atom is 0.273 e. The van der Waals surface area contributed by atoms with Crippen LogP contribution in [0.1, 0.15) is 15.5 Å². The first kappa shape index (κ1) is 27.6. The Hall–Kier alpha value is -3.51. The van der Waals surface area contributed by atoms with Crippen molar-refractivity contribution in [2.75, 3.05) is 38.2 Å². The maximum absolute atomic E-state index is 13.3. The van der Waals surface area contributed by atoms with Gasteiger partial charge in [0.25, 0.3) is 5.91 Å². The molecule has 5 aromatic rings. The zero-order valence-electron chi connectivity index (χ0n) is 21.9. The lowest BCUT2D eigenvalue weighted by molar-refractivity contribution is 0.0741. The number of ether oxygens (including phenoxy) is 1. The number of rotatable bonds is 8. The largest absolute Gasteiger partial charge is 0.495 e. The summed E-state index contributed by atoms with van der Waals surface area (Å²) in [6.45, 7) is 2.66. The molecule has 1 saturated heterocycles. The Morgan fingerprint density at radius 3 is 2.63 bits per heavy atom. The highest BCUT2D eigenvalue weighted by atomic mass is 35.5. The minimum Gasteiger partial charge on any atom is -0.495 e. The molecule has 1 amide bonds. The second-order valence-electron chi connectivity index (χ2n) is 9.08. The SMILES string of the molecule is COc1ccccc1N1CCN(C(=O)c2csc(CSc3nnc(-c4ccco4)n3-c3ccc(Cl)cc3Cl)n2)CC1. The van der Waals surface area contributed by atoms with Crippen LogP contribution in [0.3, 0.4) is 0 Å². The summed E-state index contributed by atoms with van der Waals surface area (Å²) < 4.78 is 12.9. The summed E-state index contributed by atoms with van der Waals surface area (Å²) in [5.74, 6) is 2.35. The fourth-order valence-corrected chi connectivity index (χ4v) is 6.84. The van der Waals surface area contributed by atoms with Crippen LogP contribution < -0.4 is 9.64 Å². The Morgan fingerprint density at radius 1 is 1.05 bits per heavy atom. The molecular formula is C28H24Cl2N6O3S2. The van der Waals surface area contributed by atoms with Crippen LogP contribution in [0.4, 0.5) is 5.69 Å². The molecule has 1 aliphatic rings. The molecule has 0 radical (unpaired) electrons. The summed E-state index contributed by atoms with van der Waals surface area (Å²) in [6.07, 6.45) is 1.58. The van der Waals surface area contributed by atoms with E-state index in [1.807, 2.05) is 51.2 Å². The molecule has 1 fully saturated rings. The first-order valence-corrected chi connectivity index (χ1v) is 15.3. The van der Waals surface area contributed by atoms with E-state index in [1.54, 1.807) is 31.6 Å². The van der Waals surface area contributed by atoms with Crippen molar-refractivity contribution in [1.29, 1.82) is 0 Å². The number of carbonyl (C=O) groups is 1. The zero-order chi connectivity index (χ0) is 28.3. The molecule has 9 nitrogen and oxygen atoms in total. The maximum atomic E-state index is 13.3. The van der Waals surface area contributed by atoms with Crippen molar-refractivity contribution in [1.82, 2.24) is 24.6 Å². The van der Waals surface area contributed by atoms with Gasteiger partial charge in [0.15, 0.2) is 10.9 Å². The molecule has 41 heavy (non-hydrogen) atoms. The van der Waals surface area contributed by atoms with Crippen LogP contribution in [0, 0.1) is 0 Å². The fraction of sp³-hybridized carbons (Fsp3) is 0.214. The normalized spacial score (nSPS) is 13.5. The van der Waals surface area contributed by atoms with Gasteiger partial charge in [0.05, 0.1) is 35.5 Å². The lowest BCUT2D eigenvalue weighted by atomic mass is 10.2. The quantitative estimate of drug-likeness (QED) is 0.179. The third-order valence-corrected chi connectivity index (χ3v) is 9.12. The Bertz CT molecular complexity index is 1670. The number of aromatic nitrogens is 4. The van der Waals surface area contributed by atoms with Crippen molar-refractivity contribution < 1.29 is 13.9 Å². The van der Waals surface area contributed by atoms with Gasteiger partial charge in [-0.25, -0.2) is 4.98 Å². The number of para-hydroxylation sites is 2. The Labute approximate surface area is 254 Å². The fourth-order valence-electron chi connectivity index (χ4n) is 4.61. The number of piperazine rings is 1. The average molecular weight is 628 g/mol. The second-order valence-corrected chi connectivity index (χ2v) is 11.8. The molecule has 0 saturated carbocycles. The van der Waals surface area contributed by atoms with Crippen LogP contribution in [-0.4, -0.2) is 63.8 Å². The van der Waals surface area contributed by atoms with Crippen molar-refractivity contribution in [2.45, 2.75) is 10.9 Å². The molecule has 0 bridgehead atoms. The number of nitrogens with zero attached hydrogens (tertiary/aromatic N) is 6. The van der Waals surface area contributed by atoms with Crippen molar-refractivity contribution in [3.05, 3.63) is 87.0 Å². The summed E-state index contributed by atoms with van der Waals surface area (Å²) in [5, 5.41) is 13.0. The highest BCUT2D eigenvalue weighted by Gasteiger charge is 2.26. The van der Waals surface area contributed by atoms with Gasteiger partial charge in [-0.15, -0.1) is 21.5 Å². The highest BCUT2D eigenvalue weighted by molar-refractivity contribution is 7.98. The molecule has 0 unspecified atom stereocenters. The van der Waals surface area contributed by atoms with Gasteiger partial charge in [0.1, 0.15) is 16.5 Å². The van der Waals surface area contributed by atoms with Crippen molar-refractivity contribution in [3.8, 4) is 23.0 Å². The first-order valence-electron chi connectivity index (χ1n) is 12.7. The third-order valence-electron chi connectivity index (χ3n) is 6.61. The van der Waals surface area contributed by atoms with E-state index >= 15 is 0 Å². The molecule has 0 atom stereocenters. The number of anilines is 1. The van der Waals surface area contributed by atoms with E-state index in [0.717, 1.165) is 29.5 Å². The number of hydrogen-bond acceptors (Lipinski definition) is 9. The number of carbonyl (C=O) groups excluding carboxylic acids is 1. The van der Waals surface area contributed by atoms with E-state index in [4.69, 9.17) is 32.4 Å². The van der Waals surface area contributed by atoms with E-state index < -0.39 is 0 Å². The minimum atomic E-state index is -0.0617. The minimum absolute atomic E-state index is 0.0617. The summed E-state index contributed by atoms with van der Waals surface area (Å²) in [7, 11) is 1.67. The van der Waals surface area contributed by atoms with Crippen LogP contribution in [0.15, 0.2) is 75.8 Å². The van der Waals surface area contributed by atoms with Gasteiger partial charge in [-0.2, -0.15) is 0 Å². The predicted molar refractivity (Wildman–Crippen MR) is 162 cm³/mol. The monoisotopic (exact) mass is 626 g/mol. The molecule has 13 heteroatoms. The number of benzene rings is 2. The summed E-state index contributed by atoms with van der Waals surface area (Å²) in [6, 6.07) is 16.8. The van der Waals surface area contributed by atoms with E-state index in [-0.39, 0.29) is 5.91 Å². The molecule has 2 aromatic carbocycles. The number of halogens is 2. The van der Waals surface area contributed by atoms with Gasteiger partial charge in [-0.3, -0.25) is 9.36 Å². The Morgan fingerprint density at radius 2 is 1.88 bits per heavy atom. The first-order chi connectivity index (χ1) is 20.0. The van der Waals surface area contributed by atoms with Gasteiger partial charge in [0.2, 0.25) is 5.82 Å². The number of amides is 1. The Balaban J connectivity index is 1.14. The van der Waals surface area contributed by atoms with Crippen LogP contribution in [0.2, 0.25) is 10.0 Å². The number of furan rings is 1.